The smallest absolute Gasteiger partial charge is 0.408 e. The lowest BCUT2D eigenvalue weighted by molar-refractivity contribution is -0.118. The maximum absolute atomic E-state index is 12.9. The van der Waals surface area contributed by atoms with E-state index in [-0.39, 0.29) is 5.91 Å². The topological polar surface area (TPSA) is 67.4 Å². The van der Waals surface area contributed by atoms with Crippen LogP contribution in [0.1, 0.15) is 31.9 Å². The summed E-state index contributed by atoms with van der Waals surface area (Å²) in [7, 11) is 0. The van der Waals surface area contributed by atoms with Crippen LogP contribution in [0, 0.1) is 6.92 Å². The first-order valence-electron chi connectivity index (χ1n) is 8.74. The number of benzene rings is 2. The van der Waals surface area contributed by atoms with Crippen molar-refractivity contribution in [3.8, 4) is 0 Å². The first-order chi connectivity index (χ1) is 12.6. The normalized spacial score (nSPS) is 12.2. The summed E-state index contributed by atoms with van der Waals surface area (Å²) in [5.41, 5.74) is 1.93. The van der Waals surface area contributed by atoms with E-state index in [0.717, 1.165) is 15.6 Å². The van der Waals surface area contributed by atoms with E-state index in [1.54, 1.807) is 20.8 Å². The van der Waals surface area contributed by atoms with Crippen LogP contribution >= 0.6 is 15.9 Å². The SMILES string of the molecule is Cc1cc(Br)ccc1NC(=O)[C@H](Cc1ccccc1)NC(=O)OC(C)(C)C. The Balaban J connectivity index is 2.16. The molecule has 5 nitrogen and oxygen atoms in total. The zero-order chi connectivity index (χ0) is 20.0. The van der Waals surface area contributed by atoms with Crippen molar-refractivity contribution < 1.29 is 14.3 Å². The molecule has 0 fully saturated rings. The number of halogens is 1. The highest BCUT2D eigenvalue weighted by atomic mass is 79.9. The van der Waals surface area contributed by atoms with E-state index in [0.29, 0.717) is 12.1 Å². The summed E-state index contributed by atoms with van der Waals surface area (Å²) in [6.45, 7) is 7.26. The van der Waals surface area contributed by atoms with Crippen molar-refractivity contribution in [1.29, 1.82) is 0 Å². The summed E-state index contributed by atoms with van der Waals surface area (Å²) in [5, 5.41) is 5.59. The number of alkyl carbamates (subject to hydrolysis) is 1. The van der Waals surface area contributed by atoms with Gasteiger partial charge in [0.1, 0.15) is 11.6 Å². The largest absolute Gasteiger partial charge is 0.444 e. The zero-order valence-corrected chi connectivity index (χ0v) is 17.6. The number of hydrogen-bond acceptors (Lipinski definition) is 3. The summed E-state index contributed by atoms with van der Waals surface area (Å²) in [5.74, 6) is -0.296. The number of nitrogens with one attached hydrogen (secondary N) is 2. The minimum atomic E-state index is -0.759. The van der Waals surface area contributed by atoms with Gasteiger partial charge in [-0.2, -0.15) is 0 Å². The van der Waals surface area contributed by atoms with Crippen LogP contribution in [-0.2, 0) is 16.0 Å². The van der Waals surface area contributed by atoms with Crippen LogP contribution in [0.15, 0.2) is 53.0 Å². The number of anilines is 1. The van der Waals surface area contributed by atoms with Gasteiger partial charge in [0.25, 0.3) is 0 Å². The molecule has 0 radical (unpaired) electrons. The molecular formula is C21H25BrN2O3. The molecule has 144 valence electrons. The molecule has 2 aromatic rings. The Bertz CT molecular complexity index is 801. The number of carbonyl (C=O) groups excluding carboxylic acids is 2. The highest BCUT2D eigenvalue weighted by molar-refractivity contribution is 9.10. The molecule has 0 saturated carbocycles. The maximum atomic E-state index is 12.9. The lowest BCUT2D eigenvalue weighted by atomic mass is 10.0. The van der Waals surface area contributed by atoms with Crippen molar-refractivity contribution in [3.63, 3.8) is 0 Å². The molecule has 0 aromatic heterocycles. The van der Waals surface area contributed by atoms with Gasteiger partial charge in [-0.1, -0.05) is 46.3 Å². The third kappa shape index (κ3) is 7.06. The predicted octanol–water partition coefficient (Wildman–Crippen LogP) is 4.83. The van der Waals surface area contributed by atoms with E-state index < -0.39 is 17.7 Å². The van der Waals surface area contributed by atoms with Crippen LogP contribution < -0.4 is 10.6 Å². The molecule has 0 heterocycles. The predicted molar refractivity (Wildman–Crippen MR) is 111 cm³/mol. The molecule has 0 spiro atoms. The fourth-order valence-corrected chi connectivity index (χ4v) is 2.97. The number of aryl methyl sites for hydroxylation is 1. The van der Waals surface area contributed by atoms with Crippen LogP contribution in [0.2, 0.25) is 0 Å². The Kier molecular flexibility index (Phi) is 7.02. The minimum absolute atomic E-state index is 0.296. The first kappa shape index (κ1) is 21.0. The zero-order valence-electron chi connectivity index (χ0n) is 16.0. The van der Waals surface area contributed by atoms with E-state index in [4.69, 9.17) is 4.74 Å². The molecule has 0 bridgehead atoms. The molecule has 6 heteroatoms. The number of rotatable bonds is 5. The van der Waals surface area contributed by atoms with Crippen molar-refractivity contribution in [2.24, 2.45) is 0 Å². The quantitative estimate of drug-likeness (QED) is 0.710. The molecule has 0 aliphatic carbocycles. The van der Waals surface area contributed by atoms with E-state index in [1.165, 1.54) is 0 Å². The summed E-state index contributed by atoms with van der Waals surface area (Å²) in [6, 6.07) is 14.4. The number of carbonyl (C=O) groups is 2. The summed E-state index contributed by atoms with van der Waals surface area (Å²) in [4.78, 5) is 25.1. The van der Waals surface area contributed by atoms with Crippen LogP contribution in [0.5, 0.6) is 0 Å². The van der Waals surface area contributed by atoms with Gasteiger partial charge >= 0.3 is 6.09 Å². The Morgan fingerprint density at radius 1 is 1.11 bits per heavy atom. The van der Waals surface area contributed by atoms with Crippen molar-refractivity contribution in [2.45, 2.75) is 45.8 Å². The lowest BCUT2D eigenvalue weighted by Crippen LogP contribution is -2.47. The fraction of sp³-hybridized carbons (Fsp3) is 0.333. The Labute approximate surface area is 168 Å². The molecule has 0 aliphatic heterocycles. The van der Waals surface area contributed by atoms with Gasteiger partial charge in [-0.15, -0.1) is 0 Å². The molecule has 0 saturated heterocycles. The Hall–Kier alpha value is -2.34. The second kappa shape index (κ2) is 9.04. The van der Waals surface area contributed by atoms with Crippen LogP contribution in [0.25, 0.3) is 0 Å². The van der Waals surface area contributed by atoms with Gasteiger partial charge in [-0.3, -0.25) is 4.79 Å². The van der Waals surface area contributed by atoms with Crippen LogP contribution in [-0.4, -0.2) is 23.6 Å². The van der Waals surface area contributed by atoms with E-state index in [9.17, 15) is 9.59 Å². The monoisotopic (exact) mass is 432 g/mol. The number of amides is 2. The molecule has 1 atom stereocenters. The Morgan fingerprint density at radius 3 is 2.37 bits per heavy atom. The summed E-state index contributed by atoms with van der Waals surface area (Å²) in [6.07, 6.45) is -0.257. The molecule has 0 unspecified atom stereocenters. The third-order valence-electron chi connectivity index (χ3n) is 3.74. The minimum Gasteiger partial charge on any atom is -0.444 e. The van der Waals surface area contributed by atoms with Crippen LogP contribution in [0.4, 0.5) is 10.5 Å². The number of ether oxygens (including phenoxy) is 1. The van der Waals surface area contributed by atoms with Gasteiger partial charge in [0.05, 0.1) is 0 Å². The second-order valence-corrected chi connectivity index (χ2v) is 8.25. The average Bonchev–Trinajstić information content (AvgIpc) is 2.56. The van der Waals surface area contributed by atoms with Crippen molar-refractivity contribution in [1.82, 2.24) is 5.32 Å². The molecule has 27 heavy (non-hydrogen) atoms. The van der Waals surface area contributed by atoms with Gasteiger partial charge in [0.15, 0.2) is 0 Å². The second-order valence-electron chi connectivity index (χ2n) is 7.34. The molecule has 0 aliphatic rings. The molecular weight excluding hydrogens is 408 g/mol. The van der Waals surface area contributed by atoms with E-state index in [1.807, 2.05) is 55.5 Å². The van der Waals surface area contributed by atoms with Gasteiger partial charge < -0.3 is 15.4 Å². The number of hydrogen-bond donors (Lipinski definition) is 2. The average molecular weight is 433 g/mol. The van der Waals surface area contributed by atoms with Gasteiger partial charge in [0, 0.05) is 16.6 Å². The van der Waals surface area contributed by atoms with Gasteiger partial charge in [-0.05, 0) is 57.0 Å². The van der Waals surface area contributed by atoms with E-state index >= 15 is 0 Å². The maximum Gasteiger partial charge on any atom is 0.408 e. The van der Waals surface area contributed by atoms with Gasteiger partial charge in [-0.25, -0.2) is 4.79 Å². The molecule has 2 rings (SSSR count). The van der Waals surface area contributed by atoms with Crippen molar-refractivity contribution in [2.75, 3.05) is 5.32 Å². The van der Waals surface area contributed by atoms with Crippen molar-refractivity contribution >= 4 is 33.6 Å². The Morgan fingerprint density at radius 2 is 1.78 bits per heavy atom. The molecule has 2 amide bonds. The third-order valence-corrected chi connectivity index (χ3v) is 4.23. The molecule has 2 N–H and O–H groups in total. The van der Waals surface area contributed by atoms with Crippen molar-refractivity contribution in [3.05, 3.63) is 64.1 Å². The molecule has 2 aromatic carbocycles. The summed E-state index contributed by atoms with van der Waals surface area (Å²) < 4.78 is 6.25. The summed E-state index contributed by atoms with van der Waals surface area (Å²) >= 11 is 3.41. The highest BCUT2D eigenvalue weighted by Gasteiger charge is 2.25. The first-order valence-corrected chi connectivity index (χ1v) is 9.54. The lowest BCUT2D eigenvalue weighted by Gasteiger charge is -2.23. The van der Waals surface area contributed by atoms with E-state index in [2.05, 4.69) is 26.6 Å². The fourth-order valence-electron chi connectivity index (χ4n) is 2.50. The highest BCUT2D eigenvalue weighted by Crippen LogP contribution is 2.20. The standard InChI is InChI=1S/C21H25BrN2O3/c1-14-12-16(22)10-11-17(14)23-19(25)18(13-15-8-6-5-7-9-15)24-20(26)27-21(2,3)4/h5-12,18H,13H2,1-4H3,(H,23,25)(H,24,26)/t18-/m0/s1. The van der Waals surface area contributed by atoms with Crippen LogP contribution in [0.3, 0.4) is 0 Å². The van der Waals surface area contributed by atoms with Gasteiger partial charge in [0.2, 0.25) is 5.91 Å².